The molecule has 0 amide bonds. The zero-order chi connectivity index (χ0) is 15.4. The Labute approximate surface area is 140 Å². The van der Waals surface area contributed by atoms with Gasteiger partial charge in [-0.2, -0.15) is 0 Å². The van der Waals surface area contributed by atoms with Crippen LogP contribution in [-0.2, 0) is 13.0 Å². The molecule has 3 heteroatoms. The monoisotopic (exact) mass is 365 g/mol. The molecule has 0 spiro atoms. The number of thiophene rings is 1. The summed E-state index contributed by atoms with van der Waals surface area (Å²) in [4.78, 5) is 2.72. The molecule has 1 nitrogen and oxygen atoms in total. The topological polar surface area (TPSA) is 12.0 Å². The first kappa shape index (κ1) is 16.7. The van der Waals surface area contributed by atoms with Crippen molar-refractivity contribution in [3.63, 3.8) is 0 Å². The zero-order valence-electron chi connectivity index (χ0n) is 13.2. The van der Waals surface area contributed by atoms with Crippen molar-refractivity contribution >= 4 is 27.3 Å². The van der Waals surface area contributed by atoms with E-state index in [2.05, 4.69) is 79.3 Å². The molecular weight excluding hydrogens is 342 g/mol. The molecule has 0 aliphatic heterocycles. The van der Waals surface area contributed by atoms with Crippen LogP contribution in [0.15, 0.2) is 34.8 Å². The first-order valence-corrected chi connectivity index (χ1v) is 9.13. The van der Waals surface area contributed by atoms with Crippen LogP contribution >= 0.6 is 27.3 Å². The minimum atomic E-state index is 0.374. The Kier molecular flexibility index (Phi) is 6.03. The van der Waals surface area contributed by atoms with Crippen molar-refractivity contribution in [3.05, 3.63) is 55.7 Å². The maximum atomic E-state index is 3.61. The maximum absolute atomic E-state index is 3.61. The van der Waals surface area contributed by atoms with Gasteiger partial charge in [0.2, 0.25) is 0 Å². The van der Waals surface area contributed by atoms with Crippen molar-refractivity contribution in [2.75, 3.05) is 0 Å². The minimum Gasteiger partial charge on any atom is -0.305 e. The standard InChI is InChI=1S/C18H24BrNS/c1-12(2)9-15-5-7-16(8-6-15)13(3)20-11-17-10-18(19)14(4)21-17/h5-8,10,12-13,20H,9,11H2,1-4H3. The van der Waals surface area contributed by atoms with E-state index in [4.69, 9.17) is 0 Å². The van der Waals surface area contributed by atoms with Gasteiger partial charge in [0.1, 0.15) is 0 Å². The smallest absolute Gasteiger partial charge is 0.0314 e. The predicted molar refractivity (Wildman–Crippen MR) is 97.0 cm³/mol. The third-order valence-electron chi connectivity index (χ3n) is 3.61. The van der Waals surface area contributed by atoms with Gasteiger partial charge in [-0.15, -0.1) is 11.3 Å². The van der Waals surface area contributed by atoms with E-state index in [-0.39, 0.29) is 0 Å². The highest BCUT2D eigenvalue weighted by Crippen LogP contribution is 2.26. The Morgan fingerprint density at radius 2 is 1.81 bits per heavy atom. The summed E-state index contributed by atoms with van der Waals surface area (Å²) in [7, 11) is 0. The Morgan fingerprint density at radius 3 is 2.33 bits per heavy atom. The van der Waals surface area contributed by atoms with Crippen molar-refractivity contribution < 1.29 is 0 Å². The summed E-state index contributed by atoms with van der Waals surface area (Å²) >= 11 is 5.43. The third kappa shape index (κ3) is 4.94. The number of hydrogen-bond donors (Lipinski definition) is 1. The van der Waals surface area contributed by atoms with Crippen LogP contribution in [0.4, 0.5) is 0 Å². The van der Waals surface area contributed by atoms with Crippen LogP contribution in [0, 0.1) is 12.8 Å². The van der Waals surface area contributed by atoms with Gasteiger partial charge in [-0.25, -0.2) is 0 Å². The maximum Gasteiger partial charge on any atom is 0.0314 e. The van der Waals surface area contributed by atoms with Crippen LogP contribution in [0.2, 0.25) is 0 Å². The van der Waals surface area contributed by atoms with Crippen molar-refractivity contribution in [1.82, 2.24) is 5.32 Å². The van der Waals surface area contributed by atoms with Crippen molar-refractivity contribution in [3.8, 4) is 0 Å². The Morgan fingerprint density at radius 1 is 1.14 bits per heavy atom. The van der Waals surface area contributed by atoms with E-state index >= 15 is 0 Å². The molecule has 0 saturated carbocycles. The number of nitrogens with one attached hydrogen (secondary N) is 1. The van der Waals surface area contributed by atoms with Crippen LogP contribution in [0.25, 0.3) is 0 Å². The Hall–Kier alpha value is -0.640. The van der Waals surface area contributed by atoms with Gasteiger partial charge in [0.15, 0.2) is 0 Å². The molecule has 114 valence electrons. The number of rotatable bonds is 6. The van der Waals surface area contributed by atoms with Crippen LogP contribution in [0.5, 0.6) is 0 Å². The van der Waals surface area contributed by atoms with Crippen molar-refractivity contribution in [2.24, 2.45) is 5.92 Å². The Balaban J connectivity index is 1.92. The first-order valence-electron chi connectivity index (χ1n) is 7.52. The lowest BCUT2D eigenvalue weighted by Gasteiger charge is -2.14. The van der Waals surface area contributed by atoms with Crippen LogP contribution in [-0.4, -0.2) is 0 Å². The van der Waals surface area contributed by atoms with Gasteiger partial charge >= 0.3 is 0 Å². The number of halogens is 1. The summed E-state index contributed by atoms with van der Waals surface area (Å²) in [5.74, 6) is 0.715. The molecule has 1 atom stereocenters. The molecule has 0 fully saturated rings. The van der Waals surface area contributed by atoms with Gasteiger partial charge in [-0.05, 0) is 59.3 Å². The molecular formula is C18H24BrNS. The minimum absolute atomic E-state index is 0.374. The largest absolute Gasteiger partial charge is 0.305 e. The average Bonchev–Trinajstić information content (AvgIpc) is 2.75. The predicted octanol–water partition coefficient (Wildman–Crippen LogP) is 5.87. The van der Waals surface area contributed by atoms with E-state index in [1.807, 2.05) is 11.3 Å². The van der Waals surface area contributed by atoms with E-state index in [1.54, 1.807) is 0 Å². The van der Waals surface area contributed by atoms with Crippen molar-refractivity contribution in [1.29, 1.82) is 0 Å². The van der Waals surface area contributed by atoms with Gasteiger partial charge in [0.05, 0.1) is 0 Å². The second kappa shape index (κ2) is 7.57. The highest BCUT2D eigenvalue weighted by molar-refractivity contribution is 9.10. The third-order valence-corrected chi connectivity index (χ3v) is 5.75. The molecule has 0 radical (unpaired) electrons. The average molecular weight is 366 g/mol. The summed E-state index contributed by atoms with van der Waals surface area (Å²) in [6.07, 6.45) is 1.16. The lowest BCUT2D eigenvalue weighted by atomic mass is 10.00. The molecule has 1 aromatic heterocycles. The fourth-order valence-corrected chi connectivity index (χ4v) is 3.94. The van der Waals surface area contributed by atoms with Crippen molar-refractivity contribution in [2.45, 2.75) is 46.7 Å². The molecule has 0 saturated heterocycles. The highest BCUT2D eigenvalue weighted by atomic mass is 79.9. The number of aryl methyl sites for hydroxylation is 1. The number of benzene rings is 1. The molecule has 2 rings (SSSR count). The molecule has 1 N–H and O–H groups in total. The fraction of sp³-hybridized carbons (Fsp3) is 0.444. The summed E-state index contributed by atoms with van der Waals surface area (Å²) in [6, 6.07) is 11.6. The Bertz CT molecular complexity index is 552. The van der Waals surface area contributed by atoms with E-state index < -0.39 is 0 Å². The zero-order valence-corrected chi connectivity index (χ0v) is 15.6. The van der Waals surface area contributed by atoms with Gasteiger partial charge in [-0.3, -0.25) is 0 Å². The SMILES string of the molecule is Cc1sc(CNC(C)c2ccc(CC(C)C)cc2)cc1Br. The van der Waals surface area contributed by atoms with Gasteiger partial charge in [0, 0.05) is 26.8 Å². The summed E-state index contributed by atoms with van der Waals surface area (Å²) in [5.41, 5.74) is 2.79. The molecule has 2 aromatic rings. The summed E-state index contributed by atoms with van der Waals surface area (Å²) in [5, 5.41) is 3.61. The van der Waals surface area contributed by atoms with Gasteiger partial charge in [0.25, 0.3) is 0 Å². The molecule has 1 aromatic carbocycles. The second-order valence-corrected chi connectivity index (χ2v) is 8.25. The molecule has 0 aliphatic carbocycles. The van der Waals surface area contributed by atoms with E-state index in [9.17, 15) is 0 Å². The molecule has 21 heavy (non-hydrogen) atoms. The molecule has 0 bridgehead atoms. The lowest BCUT2D eigenvalue weighted by molar-refractivity contribution is 0.578. The van der Waals surface area contributed by atoms with Crippen LogP contribution < -0.4 is 5.32 Å². The lowest BCUT2D eigenvalue weighted by Crippen LogP contribution is -2.17. The van der Waals surface area contributed by atoms with E-state index in [0.717, 1.165) is 13.0 Å². The molecule has 0 aliphatic rings. The summed E-state index contributed by atoms with van der Waals surface area (Å²) < 4.78 is 1.22. The quantitative estimate of drug-likeness (QED) is 0.674. The van der Waals surface area contributed by atoms with Crippen LogP contribution in [0.1, 0.15) is 47.7 Å². The molecule has 1 unspecified atom stereocenters. The number of hydrogen-bond acceptors (Lipinski definition) is 2. The second-order valence-electron chi connectivity index (χ2n) is 6.06. The normalized spacial score (nSPS) is 12.9. The fourth-order valence-electron chi connectivity index (χ4n) is 2.39. The van der Waals surface area contributed by atoms with Gasteiger partial charge in [-0.1, -0.05) is 38.1 Å². The first-order chi connectivity index (χ1) is 9.95. The van der Waals surface area contributed by atoms with E-state index in [1.165, 1.54) is 25.4 Å². The highest BCUT2D eigenvalue weighted by Gasteiger charge is 2.08. The van der Waals surface area contributed by atoms with Gasteiger partial charge < -0.3 is 5.32 Å². The molecule has 1 heterocycles. The van der Waals surface area contributed by atoms with Crippen LogP contribution in [0.3, 0.4) is 0 Å². The summed E-state index contributed by atoms with van der Waals surface area (Å²) in [6.45, 7) is 9.83. The van der Waals surface area contributed by atoms with E-state index in [0.29, 0.717) is 12.0 Å².